The average Bonchev–Trinajstić information content (AvgIpc) is 3.18. The Balaban J connectivity index is 1.49. The molecule has 0 aliphatic heterocycles. The number of halogens is 4. The first-order chi connectivity index (χ1) is 25.6. The van der Waals surface area contributed by atoms with Crippen molar-refractivity contribution in [3.05, 3.63) is 200 Å². The van der Waals surface area contributed by atoms with E-state index in [0.717, 1.165) is 27.1 Å². The molecule has 0 heterocycles. The molecule has 53 heavy (non-hydrogen) atoms. The molecule has 0 unspecified atom stereocenters. The van der Waals surface area contributed by atoms with Gasteiger partial charge >= 0.3 is 0 Å². The monoisotopic (exact) mass is 769 g/mol. The molecular formula is C46H31Cl4NO2. The van der Waals surface area contributed by atoms with Crippen molar-refractivity contribution in [2.24, 2.45) is 5.92 Å². The first-order valence-corrected chi connectivity index (χ1v) is 18.8. The lowest BCUT2D eigenvalue weighted by Crippen LogP contribution is -2.58. The molecule has 0 spiro atoms. The number of carbonyl (C=O) groups is 1. The Morgan fingerprint density at radius 2 is 1.15 bits per heavy atom. The topological polar surface area (TPSA) is 61.1 Å². The standard InChI is InChI=1S/C46H31Cl4NO2/c47-37-18-12-30(13-19-37)39-26-46(53,36-16-11-29-6-2-4-8-33(29)24-36)43(44(52)34-10-9-28-5-1-3-7-32(28)23-34)42(31-14-20-38(48)21-15-31)45(39,27-51)35-17-22-40(49)41(50)25-35/h1-25,39,42-43,53H,26H2/t39-,42-,43+,45-,46-/m0/s1. The van der Waals surface area contributed by atoms with E-state index < -0.39 is 28.8 Å². The molecule has 1 aliphatic carbocycles. The molecule has 0 bridgehead atoms. The van der Waals surface area contributed by atoms with E-state index in [4.69, 9.17) is 46.4 Å². The van der Waals surface area contributed by atoms with E-state index in [-0.39, 0.29) is 17.2 Å². The lowest BCUT2D eigenvalue weighted by atomic mass is 9.46. The molecule has 1 aliphatic rings. The Kier molecular flexibility index (Phi) is 9.32. The number of fused-ring (bicyclic) bond motifs is 2. The van der Waals surface area contributed by atoms with E-state index in [2.05, 4.69) is 6.07 Å². The van der Waals surface area contributed by atoms with Crippen LogP contribution < -0.4 is 0 Å². The predicted octanol–water partition coefficient (Wildman–Crippen LogP) is 12.7. The Hall–Kier alpha value is -4.66. The highest BCUT2D eigenvalue weighted by atomic mass is 35.5. The number of ketones is 1. The fourth-order valence-electron chi connectivity index (χ4n) is 8.55. The Morgan fingerprint density at radius 3 is 1.75 bits per heavy atom. The first-order valence-electron chi connectivity index (χ1n) is 17.2. The summed E-state index contributed by atoms with van der Waals surface area (Å²) < 4.78 is 0. The van der Waals surface area contributed by atoms with Crippen molar-refractivity contribution in [2.45, 2.75) is 29.3 Å². The zero-order valence-corrected chi connectivity index (χ0v) is 31.2. The summed E-state index contributed by atoms with van der Waals surface area (Å²) in [5.41, 5.74) is -0.220. The number of nitriles is 1. The molecule has 0 amide bonds. The molecule has 8 rings (SSSR count). The molecule has 0 aromatic heterocycles. The van der Waals surface area contributed by atoms with E-state index >= 15 is 4.79 Å². The summed E-state index contributed by atoms with van der Waals surface area (Å²) in [6, 6.07) is 49.7. The number of benzene rings is 7. The second kappa shape index (κ2) is 14.0. The molecule has 1 saturated carbocycles. The molecule has 5 atom stereocenters. The van der Waals surface area contributed by atoms with Crippen LogP contribution >= 0.6 is 46.4 Å². The van der Waals surface area contributed by atoms with Crippen LogP contribution in [0.5, 0.6) is 0 Å². The summed E-state index contributed by atoms with van der Waals surface area (Å²) in [5.74, 6) is -3.05. The van der Waals surface area contributed by atoms with Crippen molar-refractivity contribution in [3.8, 4) is 6.07 Å². The second-order valence-electron chi connectivity index (χ2n) is 13.8. The summed E-state index contributed by atoms with van der Waals surface area (Å²) in [5, 5.41) is 31.0. The van der Waals surface area contributed by atoms with Crippen molar-refractivity contribution in [3.63, 3.8) is 0 Å². The lowest BCUT2D eigenvalue weighted by molar-refractivity contribution is -0.0737. The van der Waals surface area contributed by atoms with Gasteiger partial charge in [-0.2, -0.15) is 5.26 Å². The highest BCUT2D eigenvalue weighted by molar-refractivity contribution is 6.42. The van der Waals surface area contributed by atoms with Crippen molar-refractivity contribution in [1.29, 1.82) is 5.26 Å². The minimum Gasteiger partial charge on any atom is -0.384 e. The van der Waals surface area contributed by atoms with Crippen molar-refractivity contribution < 1.29 is 9.90 Å². The smallest absolute Gasteiger partial charge is 0.169 e. The summed E-state index contributed by atoms with van der Waals surface area (Å²) in [7, 11) is 0. The van der Waals surface area contributed by atoms with Gasteiger partial charge in [0.05, 0.1) is 27.4 Å². The van der Waals surface area contributed by atoms with Crippen LogP contribution in [0.3, 0.4) is 0 Å². The number of carbonyl (C=O) groups excluding carboxylic acids is 1. The number of nitrogens with zero attached hydrogens (tertiary/aromatic N) is 1. The fraction of sp³-hybridized carbons (Fsp3) is 0.130. The zero-order valence-electron chi connectivity index (χ0n) is 28.2. The summed E-state index contributed by atoms with van der Waals surface area (Å²) in [4.78, 5) is 15.6. The van der Waals surface area contributed by atoms with E-state index in [0.29, 0.717) is 37.3 Å². The van der Waals surface area contributed by atoms with Crippen LogP contribution in [0.2, 0.25) is 20.1 Å². The normalized spacial score (nSPS) is 22.8. The third kappa shape index (κ3) is 6.10. The summed E-state index contributed by atoms with van der Waals surface area (Å²) in [6.45, 7) is 0. The number of aliphatic hydroxyl groups is 1. The maximum absolute atomic E-state index is 15.6. The number of rotatable bonds is 6. The Labute approximate surface area is 327 Å². The van der Waals surface area contributed by atoms with Gasteiger partial charge in [-0.1, -0.05) is 150 Å². The molecule has 3 nitrogen and oxygen atoms in total. The number of hydrogen-bond donors (Lipinski definition) is 1. The second-order valence-corrected chi connectivity index (χ2v) is 15.5. The van der Waals surface area contributed by atoms with Gasteiger partial charge in [0.25, 0.3) is 0 Å². The molecule has 0 radical (unpaired) electrons. The van der Waals surface area contributed by atoms with Gasteiger partial charge in [-0.3, -0.25) is 4.79 Å². The summed E-state index contributed by atoms with van der Waals surface area (Å²) >= 11 is 26.1. The van der Waals surface area contributed by atoms with Crippen LogP contribution in [-0.2, 0) is 11.0 Å². The Morgan fingerprint density at radius 1 is 0.604 bits per heavy atom. The molecule has 260 valence electrons. The van der Waals surface area contributed by atoms with Crippen LogP contribution in [0.1, 0.15) is 50.9 Å². The van der Waals surface area contributed by atoms with Crippen LogP contribution in [0.4, 0.5) is 0 Å². The minimum absolute atomic E-state index is 0.0227. The van der Waals surface area contributed by atoms with Gasteiger partial charge in [0.15, 0.2) is 5.78 Å². The number of hydrogen-bond acceptors (Lipinski definition) is 3. The maximum Gasteiger partial charge on any atom is 0.169 e. The molecule has 1 N–H and O–H groups in total. The predicted molar refractivity (Wildman–Crippen MR) is 216 cm³/mol. The van der Waals surface area contributed by atoms with Crippen molar-refractivity contribution in [1.82, 2.24) is 0 Å². The van der Waals surface area contributed by atoms with Gasteiger partial charge in [-0.15, -0.1) is 0 Å². The number of Topliss-reactive ketones (excluding diaryl/α,β-unsaturated/α-hetero) is 1. The van der Waals surface area contributed by atoms with Gasteiger partial charge < -0.3 is 5.11 Å². The van der Waals surface area contributed by atoms with Gasteiger partial charge in [0, 0.05) is 27.4 Å². The molecule has 7 heteroatoms. The molecule has 7 aromatic rings. The average molecular weight is 772 g/mol. The zero-order chi connectivity index (χ0) is 36.9. The lowest BCUT2D eigenvalue weighted by Gasteiger charge is -2.56. The van der Waals surface area contributed by atoms with Crippen LogP contribution in [-0.4, -0.2) is 10.9 Å². The quantitative estimate of drug-likeness (QED) is 0.171. The molecule has 7 aromatic carbocycles. The minimum atomic E-state index is -1.78. The fourth-order valence-corrected chi connectivity index (χ4v) is 9.10. The van der Waals surface area contributed by atoms with Crippen molar-refractivity contribution in [2.75, 3.05) is 0 Å². The maximum atomic E-state index is 15.6. The van der Waals surface area contributed by atoms with Crippen LogP contribution in [0.25, 0.3) is 21.5 Å². The van der Waals surface area contributed by atoms with Crippen molar-refractivity contribution >= 4 is 73.7 Å². The van der Waals surface area contributed by atoms with E-state index in [1.54, 1.807) is 42.5 Å². The molecular weight excluding hydrogens is 740 g/mol. The van der Waals surface area contributed by atoms with Crippen LogP contribution in [0, 0.1) is 17.2 Å². The Bertz CT molecular complexity index is 2560. The van der Waals surface area contributed by atoms with E-state index in [9.17, 15) is 10.4 Å². The van der Waals surface area contributed by atoms with Gasteiger partial charge in [0.2, 0.25) is 0 Å². The SMILES string of the molecule is N#C[C@]1(c2ccc(Cl)c(Cl)c2)[C@H](c2ccc(Cl)cc2)C[C@](O)(c2ccc3ccccc3c2)[C@@H](C(=O)c2ccc3ccccc3c2)[C@@H]1c1ccc(Cl)cc1. The first kappa shape index (κ1) is 35.4. The van der Waals surface area contributed by atoms with E-state index in [1.165, 1.54) is 0 Å². The molecule has 1 fully saturated rings. The third-order valence-electron chi connectivity index (χ3n) is 11.1. The largest absolute Gasteiger partial charge is 0.384 e. The highest BCUT2D eigenvalue weighted by Crippen LogP contribution is 2.64. The van der Waals surface area contributed by atoms with Gasteiger partial charge in [-0.25, -0.2) is 0 Å². The third-order valence-corrected chi connectivity index (χ3v) is 12.3. The van der Waals surface area contributed by atoms with Gasteiger partial charge in [-0.05, 0) is 98.8 Å². The summed E-state index contributed by atoms with van der Waals surface area (Å²) in [6.07, 6.45) is 0.0227. The van der Waals surface area contributed by atoms with Crippen LogP contribution in [0.15, 0.2) is 152 Å². The van der Waals surface area contributed by atoms with E-state index in [1.807, 2.05) is 109 Å². The van der Waals surface area contributed by atoms with Gasteiger partial charge in [0.1, 0.15) is 5.60 Å². The highest BCUT2D eigenvalue weighted by Gasteiger charge is 2.64. The molecule has 0 saturated heterocycles.